The van der Waals surface area contributed by atoms with E-state index < -0.39 is 0 Å². The number of carbonyl (C=O) groups is 1. The lowest BCUT2D eigenvalue weighted by Gasteiger charge is -2.04. The minimum Gasteiger partial charge on any atom is -0.298 e. The first kappa shape index (κ1) is 15.0. The van der Waals surface area contributed by atoms with Crippen molar-refractivity contribution in [3.05, 3.63) is 40.0 Å². The molecule has 0 spiro atoms. The fourth-order valence-electron chi connectivity index (χ4n) is 2.04. The van der Waals surface area contributed by atoms with Gasteiger partial charge in [0.1, 0.15) is 5.69 Å². The van der Waals surface area contributed by atoms with Gasteiger partial charge in [0.15, 0.2) is 6.29 Å². The first-order chi connectivity index (χ1) is 9.51. The molecular formula is C16H19BrN2O. The number of benzene rings is 1. The highest BCUT2D eigenvalue weighted by molar-refractivity contribution is 9.10. The molecule has 106 valence electrons. The Labute approximate surface area is 128 Å². The number of nitrogens with zero attached hydrogens (tertiary/aromatic N) is 2. The van der Waals surface area contributed by atoms with Gasteiger partial charge in [0.25, 0.3) is 0 Å². The molecule has 2 aromatic rings. The third kappa shape index (κ3) is 3.37. The zero-order chi connectivity index (χ0) is 14.7. The Balaban J connectivity index is 2.34. The summed E-state index contributed by atoms with van der Waals surface area (Å²) in [5.41, 5.74) is 3.53. The van der Waals surface area contributed by atoms with Gasteiger partial charge in [-0.25, -0.2) is 0 Å². The van der Waals surface area contributed by atoms with Gasteiger partial charge in [-0.05, 0) is 37.0 Å². The molecule has 1 aromatic carbocycles. The van der Waals surface area contributed by atoms with Crippen molar-refractivity contribution in [3.8, 4) is 11.3 Å². The number of aldehydes is 1. The van der Waals surface area contributed by atoms with E-state index in [9.17, 15) is 4.79 Å². The Morgan fingerprint density at radius 2 is 2.15 bits per heavy atom. The van der Waals surface area contributed by atoms with Gasteiger partial charge >= 0.3 is 0 Å². The summed E-state index contributed by atoms with van der Waals surface area (Å²) in [7, 11) is 0. The van der Waals surface area contributed by atoms with E-state index in [0.717, 1.165) is 40.5 Å². The third-order valence-electron chi connectivity index (χ3n) is 3.28. The predicted molar refractivity (Wildman–Crippen MR) is 84.9 cm³/mol. The van der Waals surface area contributed by atoms with Crippen LogP contribution in [0.3, 0.4) is 0 Å². The zero-order valence-electron chi connectivity index (χ0n) is 12.1. The van der Waals surface area contributed by atoms with Gasteiger partial charge in [0.05, 0.1) is 5.56 Å². The van der Waals surface area contributed by atoms with E-state index in [2.05, 4.69) is 34.9 Å². The minimum absolute atomic E-state index is 0.622. The first-order valence-electron chi connectivity index (χ1n) is 6.80. The summed E-state index contributed by atoms with van der Waals surface area (Å²) in [5, 5.41) is 4.56. The van der Waals surface area contributed by atoms with Crippen LogP contribution >= 0.6 is 15.9 Å². The van der Waals surface area contributed by atoms with Crippen LogP contribution in [0.5, 0.6) is 0 Å². The predicted octanol–water partition coefficient (Wildman–Crippen LogP) is 4.48. The van der Waals surface area contributed by atoms with E-state index in [1.54, 1.807) is 0 Å². The molecule has 0 radical (unpaired) electrons. The van der Waals surface area contributed by atoms with Gasteiger partial charge in [0, 0.05) is 22.8 Å². The summed E-state index contributed by atoms with van der Waals surface area (Å²) < 4.78 is 2.93. The molecule has 0 saturated heterocycles. The van der Waals surface area contributed by atoms with Gasteiger partial charge in [-0.15, -0.1) is 0 Å². The fourth-order valence-corrected chi connectivity index (χ4v) is 2.29. The van der Waals surface area contributed by atoms with E-state index in [4.69, 9.17) is 0 Å². The zero-order valence-corrected chi connectivity index (χ0v) is 13.6. The molecule has 1 aromatic heterocycles. The molecule has 0 atom stereocenters. The van der Waals surface area contributed by atoms with Crippen LogP contribution in [0.15, 0.2) is 28.9 Å². The Hall–Kier alpha value is -1.42. The van der Waals surface area contributed by atoms with E-state index in [1.807, 2.05) is 36.0 Å². The molecule has 0 aliphatic heterocycles. The van der Waals surface area contributed by atoms with Crippen LogP contribution in [0.4, 0.5) is 0 Å². The molecule has 0 saturated carbocycles. The van der Waals surface area contributed by atoms with Gasteiger partial charge in [-0.1, -0.05) is 35.8 Å². The third-order valence-corrected chi connectivity index (χ3v) is 4.17. The molecule has 20 heavy (non-hydrogen) atoms. The largest absolute Gasteiger partial charge is 0.298 e. The molecule has 0 aliphatic carbocycles. The van der Waals surface area contributed by atoms with Crippen LogP contribution in [-0.4, -0.2) is 16.1 Å². The summed E-state index contributed by atoms with van der Waals surface area (Å²) in [6, 6.07) is 6.03. The molecule has 0 unspecified atom stereocenters. The van der Waals surface area contributed by atoms with Crippen molar-refractivity contribution in [2.45, 2.75) is 33.7 Å². The number of hydrogen-bond donors (Lipinski definition) is 0. The minimum atomic E-state index is 0.622. The topological polar surface area (TPSA) is 34.9 Å². The number of halogens is 1. The second-order valence-electron chi connectivity index (χ2n) is 5.46. The Morgan fingerprint density at radius 3 is 2.75 bits per heavy atom. The van der Waals surface area contributed by atoms with Gasteiger partial charge in [-0.2, -0.15) is 5.10 Å². The van der Waals surface area contributed by atoms with Crippen molar-refractivity contribution >= 4 is 22.2 Å². The second-order valence-corrected chi connectivity index (χ2v) is 6.31. The molecule has 4 heteroatoms. The molecule has 0 N–H and O–H groups in total. The molecule has 1 heterocycles. The lowest BCUT2D eigenvalue weighted by Crippen LogP contribution is -2.02. The van der Waals surface area contributed by atoms with Crippen LogP contribution in [0.2, 0.25) is 0 Å². The van der Waals surface area contributed by atoms with Gasteiger partial charge < -0.3 is 0 Å². The van der Waals surface area contributed by atoms with E-state index in [1.165, 1.54) is 0 Å². The van der Waals surface area contributed by atoms with E-state index >= 15 is 0 Å². The van der Waals surface area contributed by atoms with Crippen molar-refractivity contribution in [1.82, 2.24) is 9.78 Å². The number of aromatic nitrogens is 2. The smallest absolute Gasteiger partial charge is 0.153 e. The number of aryl methyl sites for hydroxylation is 2. The maximum Gasteiger partial charge on any atom is 0.153 e. The maximum absolute atomic E-state index is 11.2. The van der Waals surface area contributed by atoms with Gasteiger partial charge in [-0.3, -0.25) is 9.48 Å². The quantitative estimate of drug-likeness (QED) is 0.755. The summed E-state index contributed by atoms with van der Waals surface area (Å²) in [5.74, 6) is 0.622. The van der Waals surface area contributed by atoms with Crippen molar-refractivity contribution < 1.29 is 4.79 Å². The van der Waals surface area contributed by atoms with Crippen LogP contribution in [0, 0.1) is 12.8 Å². The van der Waals surface area contributed by atoms with Crippen molar-refractivity contribution in [3.63, 3.8) is 0 Å². The monoisotopic (exact) mass is 334 g/mol. The highest BCUT2D eigenvalue weighted by Gasteiger charge is 2.11. The van der Waals surface area contributed by atoms with E-state index in [-0.39, 0.29) is 0 Å². The standard InChI is InChI=1S/C16H19BrN2O/c1-11(2)6-7-19-9-14(10-20)16(18-19)13-4-5-15(17)12(3)8-13/h4-5,8-11H,6-7H2,1-3H3. The highest BCUT2D eigenvalue weighted by Crippen LogP contribution is 2.26. The first-order valence-corrected chi connectivity index (χ1v) is 7.59. The van der Waals surface area contributed by atoms with Gasteiger partial charge in [0.2, 0.25) is 0 Å². The summed E-state index contributed by atoms with van der Waals surface area (Å²) in [6.45, 7) is 7.24. The lowest BCUT2D eigenvalue weighted by molar-refractivity contribution is 0.112. The Kier molecular flexibility index (Phi) is 4.76. The normalized spacial score (nSPS) is 11.1. The molecule has 2 rings (SSSR count). The van der Waals surface area contributed by atoms with Crippen LogP contribution in [0.1, 0.15) is 36.2 Å². The number of hydrogen-bond acceptors (Lipinski definition) is 2. The van der Waals surface area contributed by atoms with Crippen LogP contribution in [-0.2, 0) is 6.54 Å². The van der Waals surface area contributed by atoms with Crippen molar-refractivity contribution in [2.75, 3.05) is 0 Å². The molecule has 0 bridgehead atoms. The summed E-state index contributed by atoms with van der Waals surface area (Å²) in [4.78, 5) is 11.2. The fraction of sp³-hybridized carbons (Fsp3) is 0.375. The summed E-state index contributed by atoms with van der Waals surface area (Å²) >= 11 is 3.49. The average molecular weight is 335 g/mol. The molecular weight excluding hydrogens is 316 g/mol. The van der Waals surface area contributed by atoms with Crippen molar-refractivity contribution in [2.24, 2.45) is 5.92 Å². The highest BCUT2D eigenvalue weighted by atomic mass is 79.9. The SMILES string of the molecule is Cc1cc(-c2nn(CCC(C)C)cc2C=O)ccc1Br. The Morgan fingerprint density at radius 1 is 1.40 bits per heavy atom. The maximum atomic E-state index is 11.2. The van der Waals surface area contributed by atoms with Crippen LogP contribution in [0.25, 0.3) is 11.3 Å². The van der Waals surface area contributed by atoms with Crippen molar-refractivity contribution in [1.29, 1.82) is 0 Å². The molecule has 3 nitrogen and oxygen atoms in total. The summed E-state index contributed by atoms with van der Waals surface area (Å²) in [6.07, 6.45) is 3.77. The lowest BCUT2D eigenvalue weighted by atomic mass is 10.1. The second kappa shape index (κ2) is 6.35. The molecule has 0 amide bonds. The average Bonchev–Trinajstić information content (AvgIpc) is 2.83. The number of carbonyl (C=O) groups excluding carboxylic acids is 1. The van der Waals surface area contributed by atoms with Crippen LogP contribution < -0.4 is 0 Å². The van der Waals surface area contributed by atoms with E-state index in [0.29, 0.717) is 11.5 Å². The number of rotatable bonds is 5. The molecule has 0 aliphatic rings. The Bertz CT molecular complexity index is 617. The molecule has 0 fully saturated rings.